The summed E-state index contributed by atoms with van der Waals surface area (Å²) in [5.74, 6) is 0.0662. The van der Waals surface area contributed by atoms with Crippen molar-refractivity contribution in [2.24, 2.45) is 5.92 Å². The number of carbonyl (C=O) groups is 1. The maximum absolute atomic E-state index is 12.7. The Hall–Kier alpha value is -2.03. The highest BCUT2D eigenvalue weighted by Crippen LogP contribution is 2.18. The van der Waals surface area contributed by atoms with Crippen molar-refractivity contribution in [3.63, 3.8) is 0 Å². The highest BCUT2D eigenvalue weighted by atomic mass is 16.5. The molecule has 0 saturated heterocycles. The maximum Gasteiger partial charge on any atom is 0.166 e. The van der Waals surface area contributed by atoms with Crippen molar-refractivity contribution in [3.05, 3.63) is 60.6 Å². The van der Waals surface area contributed by atoms with Crippen molar-refractivity contribution >= 4 is 5.78 Å². The summed E-state index contributed by atoms with van der Waals surface area (Å²) in [5, 5.41) is 0. The first-order valence-corrected chi connectivity index (χ1v) is 9.42. The molecule has 0 spiro atoms. The molecule has 3 heteroatoms. The zero-order valence-corrected chi connectivity index (χ0v) is 15.7. The van der Waals surface area contributed by atoms with Crippen LogP contribution in [0.15, 0.2) is 55.0 Å². The molecule has 3 nitrogen and oxygen atoms in total. The van der Waals surface area contributed by atoms with Gasteiger partial charge in [0.2, 0.25) is 0 Å². The van der Waals surface area contributed by atoms with Crippen LogP contribution >= 0.6 is 0 Å². The molecule has 0 unspecified atom stereocenters. The number of benzene rings is 1. The van der Waals surface area contributed by atoms with E-state index < -0.39 is 0 Å². The molecule has 0 aromatic heterocycles. The van der Waals surface area contributed by atoms with Gasteiger partial charge in [-0.2, -0.15) is 0 Å². The van der Waals surface area contributed by atoms with Crippen molar-refractivity contribution in [1.29, 1.82) is 0 Å². The predicted octanol–water partition coefficient (Wildman–Crippen LogP) is 5.93. The lowest BCUT2D eigenvalue weighted by molar-refractivity contribution is 0.0921. The van der Waals surface area contributed by atoms with Gasteiger partial charge in [-0.3, -0.25) is 4.79 Å². The third kappa shape index (κ3) is 9.75. The van der Waals surface area contributed by atoms with Gasteiger partial charge in [-0.05, 0) is 37.8 Å². The highest BCUT2D eigenvalue weighted by molar-refractivity contribution is 5.98. The zero-order chi connectivity index (χ0) is 18.2. The van der Waals surface area contributed by atoms with Gasteiger partial charge in [-0.1, -0.05) is 57.0 Å². The molecule has 0 N–H and O–H groups in total. The third-order valence-corrected chi connectivity index (χ3v) is 3.89. The summed E-state index contributed by atoms with van der Waals surface area (Å²) in [7, 11) is 0. The number of rotatable bonds is 14. The molecule has 0 aliphatic rings. The number of Topliss-reactive ketones (excluding diaryl/α,β-unsaturated/α-hetero) is 1. The quantitative estimate of drug-likeness (QED) is 0.238. The molecule has 25 heavy (non-hydrogen) atoms. The Kier molecular flexibility index (Phi) is 12.0. The molecule has 0 aliphatic carbocycles. The summed E-state index contributed by atoms with van der Waals surface area (Å²) in [6.45, 7) is 5.73. The van der Waals surface area contributed by atoms with E-state index in [2.05, 4.69) is 13.8 Å². The molecule has 0 fully saturated rings. The van der Waals surface area contributed by atoms with Gasteiger partial charge in [0.15, 0.2) is 5.78 Å². The van der Waals surface area contributed by atoms with E-state index in [1.165, 1.54) is 0 Å². The third-order valence-electron chi connectivity index (χ3n) is 3.89. The van der Waals surface area contributed by atoms with Crippen molar-refractivity contribution < 1.29 is 14.3 Å². The fraction of sp³-hybridized carbons (Fsp3) is 0.500. The molecule has 0 atom stereocenters. The topological polar surface area (TPSA) is 35.5 Å². The number of hydrogen-bond acceptors (Lipinski definition) is 3. The van der Waals surface area contributed by atoms with Crippen LogP contribution < -0.4 is 0 Å². The summed E-state index contributed by atoms with van der Waals surface area (Å²) >= 11 is 0. The summed E-state index contributed by atoms with van der Waals surface area (Å²) < 4.78 is 10.9. The molecule has 138 valence electrons. The van der Waals surface area contributed by atoms with Crippen molar-refractivity contribution in [2.75, 3.05) is 13.2 Å². The Morgan fingerprint density at radius 3 is 1.92 bits per heavy atom. The Labute approximate surface area is 152 Å². The smallest absolute Gasteiger partial charge is 0.166 e. The van der Waals surface area contributed by atoms with Gasteiger partial charge in [0.25, 0.3) is 0 Å². The van der Waals surface area contributed by atoms with Crippen LogP contribution in [0.3, 0.4) is 0 Å². The number of allylic oxidation sites excluding steroid dienone is 2. The number of ether oxygens (including phenoxy) is 2. The van der Waals surface area contributed by atoms with Crippen LogP contribution in [0, 0.1) is 5.92 Å². The van der Waals surface area contributed by atoms with Crippen LogP contribution in [0.4, 0.5) is 0 Å². The maximum atomic E-state index is 12.7. The van der Waals surface area contributed by atoms with Crippen LogP contribution in [0.1, 0.15) is 62.7 Å². The monoisotopic (exact) mass is 344 g/mol. The second-order valence-electron chi connectivity index (χ2n) is 6.09. The average molecular weight is 344 g/mol. The van der Waals surface area contributed by atoms with Crippen LogP contribution in [0.2, 0.25) is 0 Å². The van der Waals surface area contributed by atoms with E-state index in [4.69, 9.17) is 9.47 Å². The summed E-state index contributed by atoms with van der Waals surface area (Å²) in [6.07, 6.45) is 13.0. The second kappa shape index (κ2) is 14.3. The van der Waals surface area contributed by atoms with E-state index >= 15 is 0 Å². The summed E-state index contributed by atoms with van der Waals surface area (Å²) in [5.41, 5.74) is 0.758. The van der Waals surface area contributed by atoms with Crippen LogP contribution in [-0.2, 0) is 9.47 Å². The molecule has 0 heterocycles. The van der Waals surface area contributed by atoms with Gasteiger partial charge in [-0.25, -0.2) is 0 Å². The molecular weight excluding hydrogens is 312 g/mol. The fourth-order valence-electron chi connectivity index (χ4n) is 2.32. The van der Waals surface area contributed by atoms with Gasteiger partial charge >= 0.3 is 0 Å². The van der Waals surface area contributed by atoms with E-state index in [9.17, 15) is 4.79 Å². The standard InChI is InChI=1S/C22H32O3/c1-3-5-16-24-18-10-14-21(15-11-19-25-17-6-4-2)22(23)20-12-8-7-9-13-20/h7-13,18-19,21H,3-6,14-17H2,1-2H3/b18-10+,19-11+. The highest BCUT2D eigenvalue weighted by Gasteiger charge is 2.17. The van der Waals surface area contributed by atoms with Gasteiger partial charge in [0.1, 0.15) is 0 Å². The lowest BCUT2D eigenvalue weighted by Gasteiger charge is -2.12. The number of unbranched alkanes of at least 4 members (excludes halogenated alkanes) is 2. The molecule has 0 aliphatic heterocycles. The van der Waals surface area contributed by atoms with E-state index in [0.29, 0.717) is 12.8 Å². The Morgan fingerprint density at radius 1 is 0.920 bits per heavy atom. The normalized spacial score (nSPS) is 11.5. The second-order valence-corrected chi connectivity index (χ2v) is 6.09. The molecular formula is C22H32O3. The Morgan fingerprint density at radius 2 is 1.44 bits per heavy atom. The molecule has 1 aromatic carbocycles. The zero-order valence-electron chi connectivity index (χ0n) is 15.7. The summed E-state index contributed by atoms with van der Waals surface area (Å²) in [4.78, 5) is 12.7. The minimum Gasteiger partial charge on any atom is -0.502 e. The van der Waals surface area contributed by atoms with Gasteiger partial charge in [0.05, 0.1) is 25.7 Å². The number of carbonyl (C=O) groups excluding carboxylic acids is 1. The van der Waals surface area contributed by atoms with E-state index in [1.54, 1.807) is 12.5 Å². The average Bonchev–Trinajstić information content (AvgIpc) is 2.65. The predicted molar refractivity (Wildman–Crippen MR) is 103 cm³/mol. The Balaban J connectivity index is 2.55. The molecule has 0 amide bonds. The number of ketones is 1. The van der Waals surface area contributed by atoms with Gasteiger partial charge in [-0.15, -0.1) is 0 Å². The first-order valence-electron chi connectivity index (χ1n) is 9.42. The summed E-state index contributed by atoms with van der Waals surface area (Å²) in [6, 6.07) is 9.47. The SMILES string of the molecule is CCCCO/C=C/CC(C/C=C/OCCCC)C(=O)c1ccccc1. The largest absolute Gasteiger partial charge is 0.502 e. The molecule has 1 aromatic rings. The lowest BCUT2D eigenvalue weighted by atomic mass is 9.92. The van der Waals surface area contributed by atoms with E-state index in [-0.39, 0.29) is 11.7 Å². The van der Waals surface area contributed by atoms with Crippen LogP contribution in [0.5, 0.6) is 0 Å². The van der Waals surface area contributed by atoms with Crippen molar-refractivity contribution in [3.8, 4) is 0 Å². The molecule has 0 radical (unpaired) electrons. The minimum absolute atomic E-state index is 0.0977. The van der Waals surface area contributed by atoms with Crippen molar-refractivity contribution in [1.82, 2.24) is 0 Å². The van der Waals surface area contributed by atoms with Crippen LogP contribution in [0.25, 0.3) is 0 Å². The van der Waals surface area contributed by atoms with E-state index in [1.807, 2.05) is 42.5 Å². The van der Waals surface area contributed by atoms with Crippen LogP contribution in [-0.4, -0.2) is 19.0 Å². The lowest BCUT2D eigenvalue weighted by Crippen LogP contribution is -2.13. The van der Waals surface area contributed by atoms with Gasteiger partial charge < -0.3 is 9.47 Å². The Bertz CT molecular complexity index is 483. The van der Waals surface area contributed by atoms with Gasteiger partial charge in [0, 0.05) is 11.5 Å². The molecule has 0 saturated carbocycles. The first-order chi connectivity index (χ1) is 12.3. The first kappa shape index (κ1) is 21.0. The molecule has 0 bridgehead atoms. The molecule has 1 rings (SSSR count). The minimum atomic E-state index is -0.0977. The fourth-order valence-corrected chi connectivity index (χ4v) is 2.32. The number of hydrogen-bond donors (Lipinski definition) is 0. The van der Waals surface area contributed by atoms with Crippen molar-refractivity contribution in [2.45, 2.75) is 52.4 Å². The van der Waals surface area contributed by atoms with E-state index in [0.717, 1.165) is 44.5 Å².